The third-order valence-electron chi connectivity index (χ3n) is 5.36. The molecule has 34 heavy (non-hydrogen) atoms. The molecule has 3 aromatic rings. The number of benzene rings is 3. The first-order chi connectivity index (χ1) is 16.1. The molecule has 1 atom stereocenters. The Kier molecular flexibility index (Phi) is 6.44. The van der Waals surface area contributed by atoms with Crippen LogP contribution in [0.4, 0.5) is 33.3 Å². The predicted molar refractivity (Wildman–Crippen MR) is 120 cm³/mol. The first kappa shape index (κ1) is 23.9. The molecule has 4 nitrogen and oxygen atoms in total. The summed E-state index contributed by atoms with van der Waals surface area (Å²) in [6.07, 6.45) is -5.27. The maximum Gasteiger partial charge on any atom is 0.419 e. The summed E-state index contributed by atoms with van der Waals surface area (Å²) in [5.41, 5.74) is -0.848. The zero-order valence-corrected chi connectivity index (χ0v) is 19.1. The van der Waals surface area contributed by atoms with Crippen LogP contribution in [0.15, 0.2) is 70.1 Å². The van der Waals surface area contributed by atoms with Gasteiger partial charge in [-0.15, -0.1) is 0 Å². The van der Waals surface area contributed by atoms with Gasteiger partial charge in [0.1, 0.15) is 23.2 Å². The lowest BCUT2D eigenvalue weighted by Crippen LogP contribution is -2.39. The fourth-order valence-electron chi connectivity index (χ4n) is 3.79. The van der Waals surface area contributed by atoms with Crippen LogP contribution in [0.25, 0.3) is 0 Å². The SMILES string of the molecule is COC(=O)CC1c2cccc(F)c2N=C(c2ccc(Br)cc2)N1c1ccc(F)c(C(F)(F)F)c1. The van der Waals surface area contributed by atoms with Gasteiger partial charge in [0.05, 0.1) is 25.1 Å². The molecule has 176 valence electrons. The van der Waals surface area contributed by atoms with Gasteiger partial charge in [-0.25, -0.2) is 13.8 Å². The number of carbonyl (C=O) groups is 1. The molecule has 1 unspecified atom stereocenters. The summed E-state index contributed by atoms with van der Waals surface area (Å²) in [6, 6.07) is 12.4. The minimum atomic E-state index is -4.95. The zero-order valence-electron chi connectivity index (χ0n) is 17.5. The van der Waals surface area contributed by atoms with Gasteiger partial charge in [-0.3, -0.25) is 4.79 Å². The Morgan fingerprint density at radius 1 is 1.06 bits per heavy atom. The number of aliphatic imine (C=N–C) groups is 1. The van der Waals surface area contributed by atoms with E-state index in [9.17, 15) is 26.7 Å². The van der Waals surface area contributed by atoms with Crippen LogP contribution in [-0.4, -0.2) is 18.9 Å². The number of methoxy groups -OCH3 is 1. The predicted octanol–water partition coefficient (Wildman–Crippen LogP) is 6.95. The molecule has 4 rings (SSSR count). The lowest BCUT2D eigenvalue weighted by molar-refractivity contribution is -0.141. The van der Waals surface area contributed by atoms with Crippen LogP contribution >= 0.6 is 15.9 Å². The van der Waals surface area contributed by atoms with Gasteiger partial charge in [0.15, 0.2) is 0 Å². The van der Waals surface area contributed by atoms with Gasteiger partial charge in [0, 0.05) is 21.3 Å². The number of fused-ring (bicyclic) bond motifs is 1. The molecule has 0 amide bonds. The van der Waals surface area contributed by atoms with Gasteiger partial charge >= 0.3 is 12.1 Å². The Hall–Kier alpha value is -3.27. The maximum atomic E-state index is 14.8. The largest absolute Gasteiger partial charge is 0.469 e. The highest BCUT2D eigenvalue weighted by molar-refractivity contribution is 9.10. The van der Waals surface area contributed by atoms with Crippen molar-refractivity contribution in [3.63, 3.8) is 0 Å². The van der Waals surface area contributed by atoms with Gasteiger partial charge in [-0.1, -0.05) is 40.2 Å². The molecule has 1 heterocycles. The quantitative estimate of drug-likeness (QED) is 0.266. The first-order valence-electron chi connectivity index (χ1n) is 9.96. The molecular formula is C24H16BrF5N2O2. The molecule has 0 fully saturated rings. The molecule has 0 radical (unpaired) electrons. The van der Waals surface area contributed by atoms with Crippen LogP contribution in [0, 0.1) is 11.6 Å². The Bertz CT molecular complexity index is 1280. The molecule has 0 saturated carbocycles. The van der Waals surface area contributed by atoms with E-state index in [1.54, 1.807) is 24.3 Å². The first-order valence-corrected chi connectivity index (χ1v) is 10.7. The van der Waals surface area contributed by atoms with Crippen LogP contribution in [0.2, 0.25) is 0 Å². The highest BCUT2D eigenvalue weighted by atomic mass is 79.9. The molecule has 0 spiro atoms. The van der Waals surface area contributed by atoms with Crippen LogP contribution in [0.5, 0.6) is 0 Å². The number of para-hydroxylation sites is 1. The molecule has 3 aromatic carbocycles. The minimum absolute atomic E-state index is 0.0382. The second-order valence-corrected chi connectivity index (χ2v) is 8.36. The number of nitrogens with zero attached hydrogens (tertiary/aromatic N) is 2. The summed E-state index contributed by atoms with van der Waals surface area (Å²) in [5.74, 6) is -2.66. The highest BCUT2D eigenvalue weighted by Gasteiger charge is 2.38. The minimum Gasteiger partial charge on any atom is -0.469 e. The van der Waals surface area contributed by atoms with Gasteiger partial charge in [0.2, 0.25) is 0 Å². The summed E-state index contributed by atoms with van der Waals surface area (Å²) >= 11 is 3.32. The van der Waals surface area contributed by atoms with Crippen LogP contribution in [-0.2, 0) is 15.7 Å². The van der Waals surface area contributed by atoms with Crippen LogP contribution in [0.3, 0.4) is 0 Å². The van der Waals surface area contributed by atoms with Crippen molar-refractivity contribution in [2.75, 3.05) is 12.0 Å². The maximum absolute atomic E-state index is 14.8. The number of halogens is 6. The molecule has 0 bridgehead atoms. The van der Waals surface area contributed by atoms with Gasteiger partial charge in [-0.05, 0) is 36.4 Å². The van der Waals surface area contributed by atoms with Gasteiger partial charge < -0.3 is 9.64 Å². The standard InChI is InChI=1S/C24H16BrF5N2O2/c1-34-21(33)12-20-16-3-2-4-19(27)22(16)31-23(13-5-7-14(25)8-6-13)32(20)15-9-10-18(26)17(11-15)24(28,29)30/h2-11,20H,12H2,1H3. The topological polar surface area (TPSA) is 41.9 Å². The number of carbonyl (C=O) groups excluding carboxylic acids is 1. The number of esters is 1. The molecule has 0 N–H and O–H groups in total. The number of anilines is 1. The Morgan fingerprint density at radius 3 is 2.41 bits per heavy atom. The van der Waals surface area contributed by atoms with Crippen molar-refractivity contribution in [2.45, 2.75) is 18.6 Å². The van der Waals surface area contributed by atoms with Crippen LogP contribution in [0.1, 0.15) is 29.2 Å². The Labute approximate surface area is 199 Å². The summed E-state index contributed by atoms with van der Waals surface area (Å²) in [6.45, 7) is 0. The van der Waals surface area contributed by atoms with Crippen molar-refractivity contribution in [3.05, 3.63) is 93.5 Å². The molecule has 0 aliphatic carbocycles. The number of alkyl halides is 3. The van der Waals surface area contributed by atoms with Crippen molar-refractivity contribution in [1.29, 1.82) is 0 Å². The molecule has 0 aromatic heterocycles. The van der Waals surface area contributed by atoms with Crippen molar-refractivity contribution >= 4 is 39.1 Å². The average Bonchev–Trinajstić information content (AvgIpc) is 2.79. The van der Waals surface area contributed by atoms with E-state index in [1.807, 2.05) is 0 Å². The average molecular weight is 539 g/mol. The third-order valence-corrected chi connectivity index (χ3v) is 5.89. The Morgan fingerprint density at radius 2 is 1.76 bits per heavy atom. The van der Waals surface area contributed by atoms with E-state index in [1.165, 1.54) is 30.2 Å². The van der Waals surface area contributed by atoms with E-state index < -0.39 is 35.4 Å². The fourth-order valence-corrected chi connectivity index (χ4v) is 4.06. The van der Waals surface area contributed by atoms with E-state index in [2.05, 4.69) is 20.9 Å². The van der Waals surface area contributed by atoms with Crippen molar-refractivity contribution in [3.8, 4) is 0 Å². The summed E-state index contributed by atoms with van der Waals surface area (Å²) < 4.78 is 74.8. The van der Waals surface area contributed by atoms with Gasteiger partial charge in [-0.2, -0.15) is 13.2 Å². The number of hydrogen-bond acceptors (Lipinski definition) is 4. The summed E-state index contributed by atoms with van der Waals surface area (Å²) in [7, 11) is 1.17. The van der Waals surface area contributed by atoms with E-state index >= 15 is 0 Å². The second-order valence-electron chi connectivity index (χ2n) is 7.45. The molecule has 1 aliphatic heterocycles. The normalized spacial score (nSPS) is 15.6. The van der Waals surface area contributed by atoms with Crippen molar-refractivity contribution < 1.29 is 31.5 Å². The Balaban J connectivity index is 2.00. The number of hydrogen-bond donors (Lipinski definition) is 0. The lowest BCUT2D eigenvalue weighted by Gasteiger charge is -2.38. The van der Waals surface area contributed by atoms with E-state index in [-0.39, 0.29) is 29.2 Å². The molecule has 1 aliphatic rings. The number of rotatable bonds is 4. The fraction of sp³-hybridized carbons (Fsp3) is 0.167. The number of ether oxygens (including phenoxy) is 1. The summed E-state index contributed by atoms with van der Waals surface area (Å²) in [5, 5.41) is 0. The summed E-state index contributed by atoms with van der Waals surface area (Å²) in [4.78, 5) is 18.1. The van der Waals surface area contributed by atoms with E-state index in [4.69, 9.17) is 4.74 Å². The van der Waals surface area contributed by atoms with E-state index in [0.29, 0.717) is 17.7 Å². The third kappa shape index (κ3) is 4.54. The van der Waals surface area contributed by atoms with Crippen molar-refractivity contribution in [2.24, 2.45) is 4.99 Å². The monoisotopic (exact) mass is 538 g/mol. The van der Waals surface area contributed by atoms with E-state index in [0.717, 1.165) is 10.5 Å². The molecule has 0 saturated heterocycles. The van der Waals surface area contributed by atoms with Crippen molar-refractivity contribution in [1.82, 2.24) is 0 Å². The zero-order chi connectivity index (χ0) is 24.6. The van der Waals surface area contributed by atoms with Gasteiger partial charge in [0.25, 0.3) is 0 Å². The molecular weight excluding hydrogens is 523 g/mol. The smallest absolute Gasteiger partial charge is 0.419 e. The second kappa shape index (κ2) is 9.17. The highest BCUT2D eigenvalue weighted by Crippen LogP contribution is 2.44. The number of amidine groups is 1. The molecule has 10 heteroatoms. The van der Waals surface area contributed by atoms with Crippen LogP contribution < -0.4 is 4.90 Å². The lowest BCUT2D eigenvalue weighted by atomic mass is 9.95.